The van der Waals surface area contributed by atoms with E-state index in [2.05, 4.69) is 34.2 Å². The number of rotatable bonds is 4. The van der Waals surface area contributed by atoms with Crippen molar-refractivity contribution in [1.29, 1.82) is 0 Å². The van der Waals surface area contributed by atoms with E-state index < -0.39 is 0 Å². The van der Waals surface area contributed by atoms with Crippen molar-refractivity contribution in [1.82, 2.24) is 19.4 Å². The normalized spacial score (nSPS) is 15.7. The standard InChI is InChI=1S/C25H24N4O/c1-28-16-15-26-23(28)17-29(22-13-5-8-18-7-2-3-11-20(18)22)25(30)21-12-4-9-19-10-6-14-27-24(19)21/h2-4,6-7,9-12,14-16,22H,5,8,13,17H2,1H3/t22-/m0/s1. The van der Waals surface area contributed by atoms with E-state index in [1.165, 1.54) is 11.1 Å². The minimum atomic E-state index is 0.00371. The number of hydrogen-bond acceptors (Lipinski definition) is 3. The first-order valence-electron chi connectivity index (χ1n) is 10.4. The lowest BCUT2D eigenvalue weighted by molar-refractivity contribution is 0.0632. The predicted octanol–water partition coefficient (Wildman–Crippen LogP) is 4.69. The summed E-state index contributed by atoms with van der Waals surface area (Å²) in [5.41, 5.74) is 3.98. The van der Waals surface area contributed by atoms with Crippen molar-refractivity contribution in [2.24, 2.45) is 7.05 Å². The van der Waals surface area contributed by atoms with Crippen LogP contribution in [0.5, 0.6) is 0 Å². The first-order chi connectivity index (χ1) is 14.7. The van der Waals surface area contributed by atoms with Crippen LogP contribution in [-0.4, -0.2) is 25.3 Å². The van der Waals surface area contributed by atoms with Gasteiger partial charge in [0.25, 0.3) is 5.91 Å². The van der Waals surface area contributed by atoms with E-state index in [0.29, 0.717) is 12.1 Å². The number of nitrogens with zero attached hydrogens (tertiary/aromatic N) is 4. The van der Waals surface area contributed by atoms with Gasteiger partial charge in [-0.15, -0.1) is 0 Å². The van der Waals surface area contributed by atoms with Gasteiger partial charge in [0.2, 0.25) is 0 Å². The molecule has 5 heteroatoms. The molecule has 5 rings (SSSR count). The Hall–Kier alpha value is -3.47. The first kappa shape index (κ1) is 18.6. The number of benzene rings is 2. The summed E-state index contributed by atoms with van der Waals surface area (Å²) in [6.45, 7) is 0.463. The SMILES string of the molecule is Cn1ccnc1CN(C(=O)c1cccc2cccnc12)[C@H]1CCCc2ccccc21. The molecular formula is C25H24N4O. The van der Waals surface area contributed by atoms with Gasteiger partial charge in [-0.3, -0.25) is 9.78 Å². The average molecular weight is 396 g/mol. The molecule has 0 spiro atoms. The molecule has 1 amide bonds. The number of aromatic nitrogens is 3. The number of fused-ring (bicyclic) bond motifs is 2. The summed E-state index contributed by atoms with van der Waals surface area (Å²) < 4.78 is 1.98. The van der Waals surface area contributed by atoms with E-state index in [-0.39, 0.29) is 11.9 Å². The smallest absolute Gasteiger partial charge is 0.256 e. The Bertz CT molecular complexity index is 1210. The first-order valence-corrected chi connectivity index (χ1v) is 10.4. The second kappa shape index (κ2) is 7.75. The van der Waals surface area contributed by atoms with Gasteiger partial charge < -0.3 is 9.47 Å². The van der Waals surface area contributed by atoms with Crippen LogP contribution in [0.15, 0.2) is 73.2 Å². The van der Waals surface area contributed by atoms with Crippen LogP contribution in [0.4, 0.5) is 0 Å². The summed E-state index contributed by atoms with van der Waals surface area (Å²) in [5, 5.41) is 0.976. The number of amides is 1. The van der Waals surface area contributed by atoms with Crippen LogP contribution < -0.4 is 0 Å². The van der Waals surface area contributed by atoms with Crippen molar-refractivity contribution in [2.75, 3.05) is 0 Å². The molecule has 30 heavy (non-hydrogen) atoms. The zero-order valence-corrected chi connectivity index (χ0v) is 17.0. The highest BCUT2D eigenvalue weighted by molar-refractivity contribution is 6.05. The highest BCUT2D eigenvalue weighted by Crippen LogP contribution is 2.36. The molecule has 0 saturated carbocycles. The van der Waals surface area contributed by atoms with Crippen molar-refractivity contribution < 1.29 is 4.79 Å². The molecule has 5 nitrogen and oxygen atoms in total. The quantitative estimate of drug-likeness (QED) is 0.503. The Labute approximate surface area is 176 Å². The zero-order valence-electron chi connectivity index (χ0n) is 17.0. The lowest BCUT2D eigenvalue weighted by atomic mass is 9.86. The van der Waals surface area contributed by atoms with Crippen LogP contribution in [-0.2, 0) is 20.0 Å². The van der Waals surface area contributed by atoms with Crippen molar-refractivity contribution in [3.05, 3.63) is 95.7 Å². The number of imidazole rings is 1. The second-order valence-corrected chi connectivity index (χ2v) is 7.87. The van der Waals surface area contributed by atoms with Crippen LogP contribution in [0.1, 0.15) is 46.2 Å². The van der Waals surface area contributed by atoms with Gasteiger partial charge in [0, 0.05) is 31.0 Å². The van der Waals surface area contributed by atoms with Gasteiger partial charge in [0.1, 0.15) is 5.82 Å². The highest BCUT2D eigenvalue weighted by Gasteiger charge is 2.31. The Morgan fingerprint density at radius 2 is 1.93 bits per heavy atom. The van der Waals surface area contributed by atoms with Crippen LogP contribution >= 0.6 is 0 Å². The summed E-state index contributed by atoms with van der Waals surface area (Å²) in [7, 11) is 1.97. The van der Waals surface area contributed by atoms with E-state index in [1.807, 2.05) is 53.0 Å². The molecule has 0 bridgehead atoms. The monoisotopic (exact) mass is 396 g/mol. The maximum absolute atomic E-state index is 14.0. The van der Waals surface area contributed by atoms with E-state index in [9.17, 15) is 4.79 Å². The maximum atomic E-state index is 14.0. The molecule has 0 saturated heterocycles. The summed E-state index contributed by atoms with van der Waals surface area (Å²) in [4.78, 5) is 25.0. The van der Waals surface area contributed by atoms with E-state index in [0.717, 1.165) is 36.0 Å². The minimum absolute atomic E-state index is 0.00371. The van der Waals surface area contributed by atoms with Gasteiger partial charge in [0.15, 0.2) is 0 Å². The number of carbonyl (C=O) groups is 1. The number of para-hydroxylation sites is 1. The molecular weight excluding hydrogens is 372 g/mol. The Morgan fingerprint density at radius 3 is 2.80 bits per heavy atom. The Balaban J connectivity index is 1.61. The lowest BCUT2D eigenvalue weighted by Crippen LogP contribution is -2.37. The fraction of sp³-hybridized carbons (Fsp3) is 0.240. The number of carbonyl (C=O) groups excluding carboxylic acids is 1. The molecule has 2 aromatic carbocycles. The van der Waals surface area contributed by atoms with Crippen molar-refractivity contribution >= 4 is 16.8 Å². The van der Waals surface area contributed by atoms with Gasteiger partial charge in [-0.1, -0.05) is 42.5 Å². The Morgan fingerprint density at radius 1 is 1.07 bits per heavy atom. The van der Waals surface area contributed by atoms with Gasteiger partial charge in [-0.25, -0.2) is 4.98 Å². The highest BCUT2D eigenvalue weighted by atomic mass is 16.2. The Kier molecular flexibility index (Phi) is 4.79. The molecule has 1 aliphatic carbocycles. The molecule has 0 N–H and O–H groups in total. The topological polar surface area (TPSA) is 51.0 Å². The van der Waals surface area contributed by atoms with Crippen LogP contribution in [0.25, 0.3) is 10.9 Å². The largest absolute Gasteiger partial charge is 0.337 e. The average Bonchev–Trinajstić information content (AvgIpc) is 3.20. The van der Waals surface area contributed by atoms with Crippen LogP contribution in [0, 0.1) is 0 Å². The molecule has 1 aliphatic rings. The molecule has 0 unspecified atom stereocenters. The number of hydrogen-bond donors (Lipinski definition) is 0. The fourth-order valence-electron chi connectivity index (χ4n) is 4.51. The summed E-state index contributed by atoms with van der Waals surface area (Å²) in [5.74, 6) is 0.878. The van der Waals surface area contributed by atoms with E-state index >= 15 is 0 Å². The third-order valence-corrected chi connectivity index (χ3v) is 6.07. The lowest BCUT2D eigenvalue weighted by Gasteiger charge is -2.36. The van der Waals surface area contributed by atoms with E-state index in [1.54, 1.807) is 12.4 Å². The number of aryl methyl sites for hydroxylation is 2. The molecule has 0 aliphatic heterocycles. The zero-order chi connectivity index (χ0) is 20.5. The number of pyridine rings is 1. The fourth-order valence-corrected chi connectivity index (χ4v) is 4.51. The maximum Gasteiger partial charge on any atom is 0.256 e. The summed E-state index contributed by atoms with van der Waals surface area (Å²) in [6.07, 6.45) is 8.54. The summed E-state index contributed by atoms with van der Waals surface area (Å²) >= 11 is 0. The second-order valence-electron chi connectivity index (χ2n) is 7.87. The van der Waals surface area contributed by atoms with Gasteiger partial charge in [-0.05, 0) is 42.5 Å². The van der Waals surface area contributed by atoms with Gasteiger partial charge >= 0.3 is 0 Å². The van der Waals surface area contributed by atoms with E-state index in [4.69, 9.17) is 0 Å². The minimum Gasteiger partial charge on any atom is -0.337 e. The third-order valence-electron chi connectivity index (χ3n) is 6.07. The van der Waals surface area contributed by atoms with Crippen molar-refractivity contribution in [3.63, 3.8) is 0 Å². The van der Waals surface area contributed by atoms with Crippen molar-refractivity contribution in [3.8, 4) is 0 Å². The third kappa shape index (κ3) is 3.26. The summed E-state index contributed by atoms with van der Waals surface area (Å²) in [6, 6.07) is 18.3. The molecule has 0 fully saturated rings. The van der Waals surface area contributed by atoms with Gasteiger partial charge in [-0.2, -0.15) is 0 Å². The molecule has 2 heterocycles. The molecule has 150 valence electrons. The predicted molar refractivity (Wildman–Crippen MR) is 117 cm³/mol. The van der Waals surface area contributed by atoms with Gasteiger partial charge in [0.05, 0.1) is 23.7 Å². The molecule has 1 atom stereocenters. The van der Waals surface area contributed by atoms with Crippen LogP contribution in [0.3, 0.4) is 0 Å². The van der Waals surface area contributed by atoms with Crippen LogP contribution in [0.2, 0.25) is 0 Å². The molecule has 2 aromatic heterocycles. The molecule has 0 radical (unpaired) electrons. The van der Waals surface area contributed by atoms with Crippen molar-refractivity contribution in [2.45, 2.75) is 31.8 Å². The molecule has 4 aromatic rings.